The van der Waals surface area contributed by atoms with Gasteiger partial charge < -0.3 is 14.6 Å². The van der Waals surface area contributed by atoms with E-state index in [1.54, 1.807) is 6.92 Å². The predicted molar refractivity (Wildman–Crippen MR) is 95.0 cm³/mol. The van der Waals surface area contributed by atoms with Crippen molar-refractivity contribution in [1.29, 1.82) is 0 Å². The summed E-state index contributed by atoms with van der Waals surface area (Å²) in [6.45, 7) is 4.42. The maximum atomic E-state index is 11.9. The molecule has 1 heterocycles. The van der Waals surface area contributed by atoms with Gasteiger partial charge in [0.1, 0.15) is 0 Å². The van der Waals surface area contributed by atoms with Gasteiger partial charge in [-0.2, -0.15) is 0 Å². The molecule has 2 aromatic carbocycles. The lowest BCUT2D eigenvalue weighted by Crippen LogP contribution is -2.20. The number of hydrogen-bond acceptors (Lipinski definition) is 3. The van der Waals surface area contributed by atoms with E-state index in [2.05, 4.69) is 28.9 Å². The number of carbonyl (C=O) groups excluding carboxylic acids is 2. The van der Waals surface area contributed by atoms with Crippen LogP contribution < -0.4 is 5.32 Å². The van der Waals surface area contributed by atoms with E-state index in [-0.39, 0.29) is 24.9 Å². The van der Waals surface area contributed by atoms with Crippen LogP contribution in [0.25, 0.3) is 21.8 Å². The fourth-order valence-corrected chi connectivity index (χ4v) is 2.92. The van der Waals surface area contributed by atoms with Crippen molar-refractivity contribution in [1.82, 2.24) is 4.57 Å². The van der Waals surface area contributed by atoms with Crippen LogP contribution in [0.3, 0.4) is 0 Å². The molecular formula is C19H20N2O3. The Kier molecular flexibility index (Phi) is 4.51. The third-order valence-electron chi connectivity index (χ3n) is 4.03. The van der Waals surface area contributed by atoms with Crippen molar-refractivity contribution >= 4 is 39.4 Å². The van der Waals surface area contributed by atoms with Gasteiger partial charge in [-0.05, 0) is 31.2 Å². The normalized spacial score (nSPS) is 10.9. The molecule has 0 unspecified atom stereocenters. The molecule has 3 rings (SSSR count). The first kappa shape index (κ1) is 16.1. The molecule has 0 saturated heterocycles. The van der Waals surface area contributed by atoms with Gasteiger partial charge in [0.05, 0.1) is 0 Å². The van der Waals surface area contributed by atoms with E-state index in [4.69, 9.17) is 4.74 Å². The molecule has 24 heavy (non-hydrogen) atoms. The second-order valence-electron chi connectivity index (χ2n) is 5.56. The predicted octanol–water partition coefficient (Wildman–Crippen LogP) is 3.71. The summed E-state index contributed by atoms with van der Waals surface area (Å²) >= 11 is 0. The average Bonchev–Trinajstić information content (AvgIpc) is 2.92. The van der Waals surface area contributed by atoms with Gasteiger partial charge in [-0.3, -0.25) is 9.59 Å². The number of hydrogen-bond donors (Lipinski definition) is 1. The Labute approximate surface area is 140 Å². The quantitative estimate of drug-likeness (QED) is 0.728. The Morgan fingerprint density at radius 2 is 1.79 bits per heavy atom. The van der Waals surface area contributed by atoms with E-state index in [9.17, 15) is 9.59 Å². The standard InChI is InChI=1S/C19H20N2O3/c1-3-19(23)24-12-18(22)20-13-9-10-17-15(11-13)14-7-5-6-8-16(14)21(17)4-2/h5-11H,3-4,12H2,1-2H3,(H,20,22). The number of benzene rings is 2. The lowest BCUT2D eigenvalue weighted by molar-refractivity contribution is -0.146. The number of nitrogens with one attached hydrogen (secondary N) is 1. The summed E-state index contributed by atoms with van der Waals surface area (Å²) < 4.78 is 7.10. The molecule has 0 aliphatic heterocycles. The number of aryl methyl sites for hydroxylation is 1. The zero-order chi connectivity index (χ0) is 17.1. The molecule has 0 fully saturated rings. The van der Waals surface area contributed by atoms with Crippen LogP contribution in [-0.4, -0.2) is 23.1 Å². The summed E-state index contributed by atoms with van der Waals surface area (Å²) in [6.07, 6.45) is 0.260. The summed E-state index contributed by atoms with van der Waals surface area (Å²) in [7, 11) is 0. The first-order chi connectivity index (χ1) is 11.6. The van der Waals surface area contributed by atoms with Crippen molar-refractivity contribution in [2.75, 3.05) is 11.9 Å². The van der Waals surface area contributed by atoms with Crippen molar-refractivity contribution < 1.29 is 14.3 Å². The molecule has 5 nitrogen and oxygen atoms in total. The highest BCUT2D eigenvalue weighted by atomic mass is 16.5. The molecule has 0 saturated carbocycles. The molecule has 0 aliphatic carbocycles. The molecule has 0 bridgehead atoms. The SMILES string of the molecule is CCC(=O)OCC(=O)Nc1ccc2c(c1)c1ccccc1n2CC. The van der Waals surface area contributed by atoms with E-state index in [1.165, 1.54) is 5.52 Å². The molecule has 3 aromatic rings. The lowest BCUT2D eigenvalue weighted by atomic mass is 10.1. The Morgan fingerprint density at radius 1 is 1.04 bits per heavy atom. The van der Waals surface area contributed by atoms with Crippen LogP contribution in [0.4, 0.5) is 5.69 Å². The molecule has 124 valence electrons. The van der Waals surface area contributed by atoms with Crippen LogP contribution >= 0.6 is 0 Å². The second kappa shape index (κ2) is 6.74. The van der Waals surface area contributed by atoms with Crippen molar-refractivity contribution in [3.63, 3.8) is 0 Å². The van der Waals surface area contributed by atoms with Crippen molar-refractivity contribution in [2.24, 2.45) is 0 Å². The molecule has 1 amide bonds. The largest absolute Gasteiger partial charge is 0.456 e. The van der Waals surface area contributed by atoms with Crippen molar-refractivity contribution in [2.45, 2.75) is 26.8 Å². The zero-order valence-electron chi connectivity index (χ0n) is 13.8. The number of para-hydroxylation sites is 1. The van der Waals surface area contributed by atoms with Crippen LogP contribution in [0.2, 0.25) is 0 Å². The van der Waals surface area contributed by atoms with Gasteiger partial charge in [0, 0.05) is 40.5 Å². The fraction of sp³-hybridized carbons (Fsp3) is 0.263. The van der Waals surface area contributed by atoms with Gasteiger partial charge in [0.2, 0.25) is 0 Å². The molecule has 1 N–H and O–H groups in total. The van der Waals surface area contributed by atoms with Crippen LogP contribution in [0.15, 0.2) is 42.5 Å². The van der Waals surface area contributed by atoms with Crippen LogP contribution in [0.1, 0.15) is 20.3 Å². The first-order valence-corrected chi connectivity index (χ1v) is 8.10. The third-order valence-corrected chi connectivity index (χ3v) is 4.03. The Hall–Kier alpha value is -2.82. The Morgan fingerprint density at radius 3 is 2.54 bits per heavy atom. The molecule has 5 heteroatoms. The van der Waals surface area contributed by atoms with Crippen LogP contribution in [0, 0.1) is 0 Å². The number of ether oxygens (including phenoxy) is 1. The summed E-state index contributed by atoms with van der Waals surface area (Å²) in [5, 5.41) is 5.03. The number of esters is 1. The summed E-state index contributed by atoms with van der Waals surface area (Å²) in [6, 6.07) is 14.1. The molecular weight excluding hydrogens is 304 g/mol. The highest BCUT2D eigenvalue weighted by Gasteiger charge is 2.11. The zero-order valence-corrected chi connectivity index (χ0v) is 13.8. The number of carbonyl (C=O) groups is 2. The smallest absolute Gasteiger partial charge is 0.306 e. The van der Waals surface area contributed by atoms with Gasteiger partial charge in [-0.25, -0.2) is 0 Å². The molecule has 0 spiro atoms. The highest BCUT2D eigenvalue weighted by Crippen LogP contribution is 2.30. The minimum atomic E-state index is -0.383. The molecule has 1 aromatic heterocycles. The number of amides is 1. The monoisotopic (exact) mass is 324 g/mol. The van der Waals surface area contributed by atoms with E-state index < -0.39 is 0 Å². The maximum absolute atomic E-state index is 11.9. The highest BCUT2D eigenvalue weighted by molar-refractivity contribution is 6.09. The van der Waals surface area contributed by atoms with E-state index in [0.717, 1.165) is 22.8 Å². The van der Waals surface area contributed by atoms with Gasteiger partial charge in [0.15, 0.2) is 6.61 Å². The van der Waals surface area contributed by atoms with Crippen molar-refractivity contribution in [3.05, 3.63) is 42.5 Å². The number of rotatable bonds is 5. The average molecular weight is 324 g/mol. The minimum Gasteiger partial charge on any atom is -0.456 e. The van der Waals surface area contributed by atoms with Gasteiger partial charge in [-0.1, -0.05) is 25.1 Å². The molecule has 0 radical (unpaired) electrons. The Balaban J connectivity index is 1.90. The van der Waals surface area contributed by atoms with E-state index in [1.807, 2.05) is 30.3 Å². The number of anilines is 1. The van der Waals surface area contributed by atoms with Gasteiger partial charge >= 0.3 is 5.97 Å². The van der Waals surface area contributed by atoms with Gasteiger partial charge in [-0.15, -0.1) is 0 Å². The summed E-state index contributed by atoms with van der Waals surface area (Å²) in [4.78, 5) is 23.0. The summed E-state index contributed by atoms with van der Waals surface area (Å²) in [5.74, 6) is -0.720. The van der Waals surface area contributed by atoms with Gasteiger partial charge in [0.25, 0.3) is 5.91 Å². The van der Waals surface area contributed by atoms with Crippen molar-refractivity contribution in [3.8, 4) is 0 Å². The molecule has 0 atom stereocenters. The fourth-order valence-electron chi connectivity index (χ4n) is 2.92. The van der Waals surface area contributed by atoms with E-state index in [0.29, 0.717) is 5.69 Å². The third kappa shape index (κ3) is 2.97. The topological polar surface area (TPSA) is 60.3 Å². The van der Waals surface area contributed by atoms with Crippen LogP contribution in [0.5, 0.6) is 0 Å². The Bertz CT molecular complexity index is 912. The number of nitrogens with zero attached hydrogens (tertiary/aromatic N) is 1. The second-order valence-corrected chi connectivity index (χ2v) is 5.56. The minimum absolute atomic E-state index is 0.260. The van der Waals surface area contributed by atoms with E-state index >= 15 is 0 Å². The molecule has 0 aliphatic rings. The van der Waals surface area contributed by atoms with Crippen LogP contribution in [-0.2, 0) is 20.9 Å². The number of fused-ring (bicyclic) bond motifs is 3. The first-order valence-electron chi connectivity index (χ1n) is 8.10. The lowest BCUT2D eigenvalue weighted by Gasteiger charge is -2.07. The maximum Gasteiger partial charge on any atom is 0.306 e. The number of aromatic nitrogens is 1. The summed E-state index contributed by atoms with van der Waals surface area (Å²) in [5.41, 5.74) is 3.00.